The second-order valence-corrected chi connectivity index (χ2v) is 7.11. The van der Waals surface area contributed by atoms with Crippen LogP contribution < -0.4 is 5.32 Å². The van der Waals surface area contributed by atoms with Gasteiger partial charge in [-0.2, -0.15) is 0 Å². The van der Waals surface area contributed by atoms with Crippen molar-refractivity contribution in [1.82, 2.24) is 10.2 Å². The van der Waals surface area contributed by atoms with Crippen molar-refractivity contribution in [1.29, 1.82) is 0 Å². The van der Waals surface area contributed by atoms with Gasteiger partial charge >= 0.3 is 0 Å². The zero-order valence-corrected chi connectivity index (χ0v) is 12.8. The fourth-order valence-corrected chi connectivity index (χ4v) is 4.57. The first-order valence-corrected chi connectivity index (χ1v) is 8.85. The number of rotatable bonds is 3. The van der Waals surface area contributed by atoms with E-state index in [1.54, 1.807) is 0 Å². The van der Waals surface area contributed by atoms with Gasteiger partial charge in [0, 0.05) is 19.0 Å². The van der Waals surface area contributed by atoms with Crippen LogP contribution >= 0.6 is 0 Å². The number of likely N-dealkylation sites (tertiary alicyclic amines) is 1. The Bertz CT molecular complexity index is 319. The number of piperidine rings is 1. The van der Waals surface area contributed by atoms with Gasteiger partial charge in [0.2, 0.25) is 5.91 Å². The first-order chi connectivity index (χ1) is 9.84. The van der Waals surface area contributed by atoms with Crippen molar-refractivity contribution in [2.24, 2.45) is 11.8 Å². The van der Waals surface area contributed by atoms with E-state index < -0.39 is 0 Å². The molecule has 3 rings (SSSR count). The number of nitrogens with zero attached hydrogens (tertiary/aromatic N) is 1. The minimum Gasteiger partial charge on any atom is -0.339 e. The molecular weight excluding hydrogens is 248 g/mol. The summed E-state index contributed by atoms with van der Waals surface area (Å²) in [4.78, 5) is 14.9. The quantitative estimate of drug-likeness (QED) is 0.861. The van der Waals surface area contributed by atoms with Gasteiger partial charge in [-0.1, -0.05) is 19.3 Å². The van der Waals surface area contributed by atoms with Crippen molar-refractivity contribution in [3.63, 3.8) is 0 Å². The molecule has 1 amide bonds. The van der Waals surface area contributed by atoms with E-state index in [4.69, 9.17) is 0 Å². The highest BCUT2D eigenvalue weighted by atomic mass is 16.2. The number of nitrogens with one attached hydrogen (secondary N) is 1. The molecule has 2 heterocycles. The molecule has 0 radical (unpaired) electrons. The lowest BCUT2D eigenvalue weighted by molar-refractivity contribution is -0.134. The standard InChI is InChI=1S/C17H30N2O/c20-17(12-14-6-4-10-18-13-14)19-11-5-9-16(19)15-7-2-1-3-8-15/h14-16,18H,1-13H2. The first kappa shape index (κ1) is 14.4. The fourth-order valence-electron chi connectivity index (χ4n) is 4.57. The van der Waals surface area contributed by atoms with E-state index in [0.29, 0.717) is 17.9 Å². The summed E-state index contributed by atoms with van der Waals surface area (Å²) in [5.41, 5.74) is 0. The lowest BCUT2D eigenvalue weighted by Gasteiger charge is -2.35. The molecule has 0 aromatic carbocycles. The average Bonchev–Trinajstić information content (AvgIpc) is 2.99. The molecule has 3 fully saturated rings. The molecule has 2 unspecified atom stereocenters. The van der Waals surface area contributed by atoms with Crippen LogP contribution in [0.4, 0.5) is 0 Å². The van der Waals surface area contributed by atoms with E-state index in [2.05, 4.69) is 10.2 Å². The molecule has 2 atom stereocenters. The molecule has 1 N–H and O–H groups in total. The van der Waals surface area contributed by atoms with E-state index in [0.717, 1.165) is 32.0 Å². The van der Waals surface area contributed by atoms with Crippen molar-refractivity contribution in [2.75, 3.05) is 19.6 Å². The monoisotopic (exact) mass is 278 g/mol. The molecule has 3 heteroatoms. The number of hydrogen-bond acceptors (Lipinski definition) is 2. The van der Waals surface area contributed by atoms with E-state index in [1.807, 2.05) is 0 Å². The van der Waals surface area contributed by atoms with Gasteiger partial charge in [0.1, 0.15) is 0 Å². The minimum atomic E-state index is 0.451. The molecule has 1 saturated carbocycles. The highest BCUT2D eigenvalue weighted by Crippen LogP contribution is 2.35. The molecule has 20 heavy (non-hydrogen) atoms. The maximum atomic E-state index is 12.7. The van der Waals surface area contributed by atoms with Gasteiger partial charge in [-0.15, -0.1) is 0 Å². The SMILES string of the molecule is O=C(CC1CCCNC1)N1CCCC1C1CCCCC1. The Kier molecular flexibility index (Phi) is 4.98. The Morgan fingerprint density at radius 3 is 2.60 bits per heavy atom. The summed E-state index contributed by atoms with van der Waals surface area (Å²) >= 11 is 0. The summed E-state index contributed by atoms with van der Waals surface area (Å²) in [6.45, 7) is 3.22. The molecule has 114 valence electrons. The minimum absolute atomic E-state index is 0.451. The summed E-state index contributed by atoms with van der Waals surface area (Å²) in [6.07, 6.45) is 12.7. The Labute approximate surface area is 123 Å². The van der Waals surface area contributed by atoms with Gasteiger partial charge in [-0.25, -0.2) is 0 Å². The third kappa shape index (κ3) is 3.36. The Morgan fingerprint density at radius 2 is 1.85 bits per heavy atom. The predicted octanol–water partition coefficient (Wildman–Crippen LogP) is 2.95. The van der Waals surface area contributed by atoms with Gasteiger partial charge in [0.05, 0.1) is 0 Å². The summed E-state index contributed by atoms with van der Waals surface area (Å²) in [7, 11) is 0. The van der Waals surface area contributed by atoms with Crippen molar-refractivity contribution >= 4 is 5.91 Å². The largest absolute Gasteiger partial charge is 0.339 e. The third-order valence-electron chi connectivity index (χ3n) is 5.68. The molecule has 2 aliphatic heterocycles. The highest BCUT2D eigenvalue weighted by Gasteiger charge is 2.35. The number of amides is 1. The van der Waals surface area contributed by atoms with Crippen LogP contribution in [0, 0.1) is 11.8 Å². The maximum absolute atomic E-state index is 12.7. The van der Waals surface area contributed by atoms with E-state index in [-0.39, 0.29) is 0 Å². The Morgan fingerprint density at radius 1 is 1.00 bits per heavy atom. The average molecular weight is 278 g/mol. The summed E-state index contributed by atoms with van der Waals surface area (Å²) in [5, 5.41) is 3.43. The van der Waals surface area contributed by atoms with E-state index in [9.17, 15) is 4.79 Å². The van der Waals surface area contributed by atoms with Gasteiger partial charge in [0.15, 0.2) is 0 Å². The van der Waals surface area contributed by atoms with Gasteiger partial charge in [0.25, 0.3) is 0 Å². The van der Waals surface area contributed by atoms with Gasteiger partial charge < -0.3 is 10.2 Å². The summed E-state index contributed by atoms with van der Waals surface area (Å²) in [5.74, 6) is 1.84. The Balaban J connectivity index is 1.55. The smallest absolute Gasteiger partial charge is 0.223 e. The molecule has 1 aliphatic carbocycles. The summed E-state index contributed by atoms with van der Waals surface area (Å²) < 4.78 is 0. The van der Waals surface area contributed by atoms with Crippen LogP contribution in [-0.2, 0) is 4.79 Å². The normalized spacial score (nSPS) is 32.5. The lowest BCUT2D eigenvalue weighted by Crippen LogP contribution is -2.42. The molecule has 0 spiro atoms. The lowest BCUT2D eigenvalue weighted by atomic mass is 9.82. The molecule has 0 bridgehead atoms. The third-order valence-corrected chi connectivity index (χ3v) is 5.68. The second kappa shape index (κ2) is 6.93. The zero-order chi connectivity index (χ0) is 13.8. The van der Waals surface area contributed by atoms with Crippen LogP contribution in [-0.4, -0.2) is 36.5 Å². The molecule has 3 aliphatic rings. The molecule has 0 aromatic heterocycles. The Hall–Kier alpha value is -0.570. The van der Waals surface area contributed by atoms with Crippen molar-refractivity contribution in [3.05, 3.63) is 0 Å². The van der Waals surface area contributed by atoms with Crippen LogP contribution in [0.1, 0.15) is 64.2 Å². The van der Waals surface area contributed by atoms with Crippen molar-refractivity contribution in [2.45, 2.75) is 70.3 Å². The summed E-state index contributed by atoms with van der Waals surface area (Å²) in [6, 6.07) is 0.583. The molecule has 0 aromatic rings. The van der Waals surface area contributed by atoms with Crippen LogP contribution in [0.3, 0.4) is 0 Å². The molecule has 3 nitrogen and oxygen atoms in total. The van der Waals surface area contributed by atoms with Crippen molar-refractivity contribution in [3.8, 4) is 0 Å². The fraction of sp³-hybridized carbons (Fsp3) is 0.941. The van der Waals surface area contributed by atoms with Crippen LogP contribution in [0.5, 0.6) is 0 Å². The first-order valence-electron chi connectivity index (χ1n) is 8.85. The topological polar surface area (TPSA) is 32.3 Å². The molecule has 2 saturated heterocycles. The zero-order valence-electron chi connectivity index (χ0n) is 12.8. The maximum Gasteiger partial charge on any atom is 0.223 e. The van der Waals surface area contributed by atoms with E-state index >= 15 is 0 Å². The predicted molar refractivity (Wildman–Crippen MR) is 81.5 cm³/mol. The number of carbonyl (C=O) groups excluding carboxylic acids is 1. The van der Waals surface area contributed by atoms with Gasteiger partial charge in [-0.05, 0) is 63.5 Å². The van der Waals surface area contributed by atoms with Crippen LogP contribution in [0.2, 0.25) is 0 Å². The van der Waals surface area contributed by atoms with Crippen LogP contribution in [0.15, 0.2) is 0 Å². The number of hydrogen-bond donors (Lipinski definition) is 1. The van der Waals surface area contributed by atoms with Crippen molar-refractivity contribution < 1.29 is 4.79 Å². The molecular formula is C17H30N2O. The van der Waals surface area contributed by atoms with Gasteiger partial charge in [-0.3, -0.25) is 4.79 Å². The number of carbonyl (C=O) groups is 1. The van der Waals surface area contributed by atoms with E-state index in [1.165, 1.54) is 57.8 Å². The second-order valence-electron chi connectivity index (χ2n) is 7.11. The highest BCUT2D eigenvalue weighted by molar-refractivity contribution is 5.77. The van der Waals surface area contributed by atoms with Crippen LogP contribution in [0.25, 0.3) is 0 Å².